The van der Waals surface area contributed by atoms with Crippen LogP contribution in [0.5, 0.6) is 5.75 Å². The number of para-hydroxylation sites is 1. The predicted octanol–water partition coefficient (Wildman–Crippen LogP) is 3.53. The quantitative estimate of drug-likeness (QED) is 0.639. The maximum Gasteiger partial charge on any atom is 0.191 e. The Labute approximate surface area is 157 Å². The van der Waals surface area contributed by atoms with E-state index >= 15 is 0 Å². The Bertz CT molecular complexity index is 868. The van der Waals surface area contributed by atoms with Gasteiger partial charge in [0.1, 0.15) is 18.1 Å². The van der Waals surface area contributed by atoms with Crippen LogP contribution >= 0.6 is 11.8 Å². The fourth-order valence-corrected chi connectivity index (χ4v) is 3.53. The fraction of sp³-hybridized carbons (Fsp3) is 0.368. The molecule has 0 radical (unpaired) electrons. The van der Waals surface area contributed by atoms with Gasteiger partial charge >= 0.3 is 0 Å². The number of aromatic nitrogens is 3. The van der Waals surface area contributed by atoms with Crippen LogP contribution in [0.4, 0.5) is 0 Å². The Balaban J connectivity index is 1.58. The van der Waals surface area contributed by atoms with Crippen LogP contribution in [0.3, 0.4) is 0 Å². The van der Waals surface area contributed by atoms with E-state index in [9.17, 15) is 5.11 Å². The summed E-state index contributed by atoms with van der Waals surface area (Å²) in [6.07, 6.45) is 1.04. The molecule has 0 fully saturated rings. The monoisotopic (exact) mass is 373 g/mol. The van der Waals surface area contributed by atoms with Crippen LogP contribution in [-0.4, -0.2) is 38.3 Å². The number of aryl methyl sites for hydroxylation is 3. The van der Waals surface area contributed by atoms with Gasteiger partial charge in [0, 0.05) is 12.8 Å². The molecule has 0 amide bonds. The number of nitrogens with zero attached hydrogens (tertiary/aromatic N) is 3. The molecule has 0 aliphatic heterocycles. The van der Waals surface area contributed by atoms with Crippen molar-refractivity contribution in [3.63, 3.8) is 0 Å². The van der Waals surface area contributed by atoms with Crippen molar-refractivity contribution >= 4 is 11.8 Å². The Kier molecular flexibility index (Phi) is 5.68. The van der Waals surface area contributed by atoms with Crippen molar-refractivity contribution in [2.24, 2.45) is 7.05 Å². The highest BCUT2D eigenvalue weighted by Gasteiger charge is 2.16. The van der Waals surface area contributed by atoms with Crippen molar-refractivity contribution in [1.29, 1.82) is 0 Å². The first-order chi connectivity index (χ1) is 12.5. The van der Waals surface area contributed by atoms with Gasteiger partial charge in [-0.25, -0.2) is 0 Å². The minimum absolute atomic E-state index is 0.240. The molecular formula is C19H23N3O3S. The van der Waals surface area contributed by atoms with E-state index in [2.05, 4.69) is 10.2 Å². The minimum Gasteiger partial charge on any atom is -0.490 e. The third-order valence-electron chi connectivity index (χ3n) is 4.17. The van der Waals surface area contributed by atoms with E-state index in [1.165, 1.54) is 11.8 Å². The van der Waals surface area contributed by atoms with Crippen LogP contribution in [0, 0.1) is 20.8 Å². The maximum atomic E-state index is 10.3. The molecule has 0 spiro atoms. The molecule has 0 saturated heterocycles. The van der Waals surface area contributed by atoms with E-state index < -0.39 is 6.10 Å². The molecule has 0 bridgehead atoms. The standard InChI is InChI=1S/C19H23N3O3S/c1-12-6-5-7-13(2)17(12)25-10-15(23)11-26-19-21-20-18(22(19)4)16-8-9-24-14(16)3/h5-9,15,23H,10-11H2,1-4H3/t15-/m1/s1. The normalized spacial score (nSPS) is 12.3. The molecule has 2 aromatic heterocycles. The second-order valence-corrected chi connectivity index (χ2v) is 7.24. The molecule has 1 aromatic carbocycles. The van der Waals surface area contributed by atoms with Gasteiger partial charge in [-0.1, -0.05) is 30.0 Å². The summed E-state index contributed by atoms with van der Waals surface area (Å²) < 4.78 is 13.0. The molecule has 0 aliphatic rings. The molecule has 0 saturated carbocycles. The van der Waals surface area contributed by atoms with Gasteiger partial charge in [-0.2, -0.15) is 0 Å². The summed E-state index contributed by atoms with van der Waals surface area (Å²) in [4.78, 5) is 0. The zero-order valence-corrected chi connectivity index (χ0v) is 16.2. The number of rotatable bonds is 7. The number of furan rings is 1. The number of hydrogen-bond donors (Lipinski definition) is 1. The van der Waals surface area contributed by atoms with Crippen LogP contribution < -0.4 is 4.74 Å². The summed E-state index contributed by atoms with van der Waals surface area (Å²) in [6, 6.07) is 7.88. The molecule has 3 rings (SSSR count). The molecule has 0 unspecified atom stereocenters. The molecular weight excluding hydrogens is 350 g/mol. The Morgan fingerprint density at radius 2 is 1.92 bits per heavy atom. The fourth-order valence-electron chi connectivity index (χ4n) is 2.72. The number of aliphatic hydroxyl groups is 1. The van der Waals surface area contributed by atoms with E-state index in [4.69, 9.17) is 9.15 Å². The zero-order chi connectivity index (χ0) is 18.7. The average molecular weight is 373 g/mol. The smallest absolute Gasteiger partial charge is 0.191 e. The van der Waals surface area contributed by atoms with Gasteiger partial charge in [0.25, 0.3) is 0 Å². The second kappa shape index (κ2) is 7.97. The Morgan fingerprint density at radius 3 is 2.58 bits per heavy atom. The predicted molar refractivity (Wildman–Crippen MR) is 102 cm³/mol. The van der Waals surface area contributed by atoms with Crippen molar-refractivity contribution in [2.45, 2.75) is 32.0 Å². The van der Waals surface area contributed by atoms with Crippen LogP contribution in [0.1, 0.15) is 16.9 Å². The van der Waals surface area contributed by atoms with Crippen LogP contribution in [0.2, 0.25) is 0 Å². The first kappa shape index (κ1) is 18.5. The highest BCUT2D eigenvalue weighted by molar-refractivity contribution is 7.99. The van der Waals surface area contributed by atoms with Crippen molar-refractivity contribution in [3.05, 3.63) is 47.4 Å². The SMILES string of the molecule is Cc1cccc(C)c1OC[C@@H](O)CSc1nnc(-c2ccoc2C)n1C. The summed E-state index contributed by atoms with van der Waals surface area (Å²) in [5, 5.41) is 19.5. The number of benzene rings is 1. The van der Waals surface area contributed by atoms with Gasteiger partial charge in [0.2, 0.25) is 0 Å². The minimum atomic E-state index is -0.602. The lowest BCUT2D eigenvalue weighted by molar-refractivity contribution is 0.125. The summed E-state index contributed by atoms with van der Waals surface area (Å²) in [5.74, 6) is 2.87. The number of aliphatic hydroxyl groups excluding tert-OH is 1. The molecule has 1 N–H and O–H groups in total. The number of hydrogen-bond acceptors (Lipinski definition) is 6. The number of ether oxygens (including phenoxy) is 1. The summed E-state index contributed by atoms with van der Waals surface area (Å²) >= 11 is 1.45. The van der Waals surface area contributed by atoms with Gasteiger partial charge in [0.05, 0.1) is 17.9 Å². The molecule has 1 atom stereocenters. The second-order valence-electron chi connectivity index (χ2n) is 6.25. The molecule has 3 aromatic rings. The average Bonchev–Trinajstić information content (AvgIpc) is 3.18. The van der Waals surface area contributed by atoms with E-state index in [1.54, 1.807) is 6.26 Å². The van der Waals surface area contributed by atoms with Crippen LogP contribution in [0.25, 0.3) is 11.4 Å². The highest BCUT2D eigenvalue weighted by atomic mass is 32.2. The van der Waals surface area contributed by atoms with Gasteiger partial charge in [-0.15, -0.1) is 10.2 Å². The lowest BCUT2D eigenvalue weighted by atomic mass is 10.1. The van der Waals surface area contributed by atoms with Gasteiger partial charge in [-0.05, 0) is 38.0 Å². The summed E-state index contributed by atoms with van der Waals surface area (Å²) in [7, 11) is 1.91. The van der Waals surface area contributed by atoms with E-state index in [0.717, 1.165) is 39.2 Å². The van der Waals surface area contributed by atoms with Crippen molar-refractivity contribution < 1.29 is 14.3 Å². The zero-order valence-electron chi connectivity index (χ0n) is 15.4. The highest BCUT2D eigenvalue weighted by Crippen LogP contribution is 2.26. The van der Waals surface area contributed by atoms with Gasteiger partial charge < -0.3 is 18.8 Å². The summed E-state index contributed by atoms with van der Waals surface area (Å²) in [6.45, 7) is 6.14. The largest absolute Gasteiger partial charge is 0.490 e. The molecule has 26 heavy (non-hydrogen) atoms. The molecule has 0 aliphatic carbocycles. The molecule has 138 valence electrons. The van der Waals surface area contributed by atoms with E-state index in [0.29, 0.717) is 5.75 Å². The molecule has 7 heteroatoms. The number of thioether (sulfide) groups is 1. The maximum absolute atomic E-state index is 10.3. The van der Waals surface area contributed by atoms with Crippen LogP contribution in [0.15, 0.2) is 40.1 Å². The molecule has 2 heterocycles. The van der Waals surface area contributed by atoms with E-state index in [1.807, 2.05) is 56.7 Å². The van der Waals surface area contributed by atoms with Gasteiger partial charge in [0.15, 0.2) is 11.0 Å². The van der Waals surface area contributed by atoms with Crippen molar-refractivity contribution in [3.8, 4) is 17.1 Å². The topological polar surface area (TPSA) is 73.3 Å². The van der Waals surface area contributed by atoms with Crippen molar-refractivity contribution in [2.75, 3.05) is 12.4 Å². The van der Waals surface area contributed by atoms with Crippen LogP contribution in [-0.2, 0) is 7.05 Å². The van der Waals surface area contributed by atoms with Gasteiger partial charge in [-0.3, -0.25) is 0 Å². The lowest BCUT2D eigenvalue weighted by Gasteiger charge is -2.15. The first-order valence-electron chi connectivity index (χ1n) is 8.41. The Hall–Kier alpha value is -2.25. The first-order valence-corrected chi connectivity index (χ1v) is 9.39. The summed E-state index contributed by atoms with van der Waals surface area (Å²) in [5.41, 5.74) is 3.06. The lowest BCUT2D eigenvalue weighted by Crippen LogP contribution is -2.21. The Morgan fingerprint density at radius 1 is 1.19 bits per heavy atom. The third-order valence-corrected chi connectivity index (χ3v) is 5.33. The third kappa shape index (κ3) is 3.94. The van der Waals surface area contributed by atoms with E-state index in [-0.39, 0.29) is 6.61 Å². The van der Waals surface area contributed by atoms with Crippen molar-refractivity contribution in [1.82, 2.24) is 14.8 Å². The molecule has 6 nitrogen and oxygen atoms in total.